The second-order valence-electron chi connectivity index (χ2n) is 3.45. The number of fused-ring (bicyclic) bond motifs is 1. The molecule has 82 valence electrons. The lowest BCUT2D eigenvalue weighted by Crippen LogP contribution is -2.31. The zero-order valence-electron chi connectivity index (χ0n) is 8.43. The van der Waals surface area contributed by atoms with Gasteiger partial charge in [0.2, 0.25) is 10.0 Å². The third-order valence-corrected chi connectivity index (χ3v) is 4.30. The Balaban J connectivity index is 2.47. The summed E-state index contributed by atoms with van der Waals surface area (Å²) >= 11 is 0. The molecule has 0 spiro atoms. The normalized spacial score (nSPS) is 21.0. The van der Waals surface area contributed by atoms with Crippen molar-refractivity contribution in [1.82, 2.24) is 4.72 Å². The molecule has 1 aliphatic heterocycles. The van der Waals surface area contributed by atoms with Crippen molar-refractivity contribution in [2.45, 2.75) is 11.9 Å². The van der Waals surface area contributed by atoms with Gasteiger partial charge in [0, 0.05) is 0 Å². The van der Waals surface area contributed by atoms with Crippen molar-refractivity contribution in [3.63, 3.8) is 0 Å². The second-order valence-corrected chi connectivity index (χ2v) is 5.52. The zero-order chi connectivity index (χ0) is 10.9. The summed E-state index contributed by atoms with van der Waals surface area (Å²) in [6.45, 7) is 0.714. The van der Waals surface area contributed by atoms with Gasteiger partial charge >= 0.3 is 0 Å². The van der Waals surface area contributed by atoms with Crippen molar-refractivity contribution >= 4 is 10.0 Å². The van der Waals surface area contributed by atoms with Crippen molar-refractivity contribution in [1.29, 1.82) is 0 Å². The summed E-state index contributed by atoms with van der Waals surface area (Å²) < 4.78 is 31.1. The summed E-state index contributed by atoms with van der Waals surface area (Å²) in [6, 6.07) is 7.48. The number of ether oxygens (including phenoxy) is 1. The highest BCUT2D eigenvalue weighted by atomic mass is 32.2. The van der Waals surface area contributed by atoms with Crippen molar-refractivity contribution in [3.05, 3.63) is 35.4 Å². The van der Waals surface area contributed by atoms with Crippen molar-refractivity contribution in [2.75, 3.05) is 13.7 Å². The maximum Gasteiger partial charge on any atom is 0.220 e. The number of hydrogen-bond donors (Lipinski definition) is 1. The first kappa shape index (κ1) is 10.6. The maximum atomic E-state index is 11.7. The van der Waals surface area contributed by atoms with Gasteiger partial charge in [0.25, 0.3) is 0 Å². The van der Waals surface area contributed by atoms with E-state index in [0.717, 1.165) is 11.1 Å². The van der Waals surface area contributed by atoms with Crippen LogP contribution in [0.5, 0.6) is 0 Å². The summed E-state index contributed by atoms with van der Waals surface area (Å²) in [5, 5.41) is -0.590. The molecule has 1 heterocycles. The van der Waals surface area contributed by atoms with E-state index in [1.54, 1.807) is 0 Å². The number of rotatable bonds is 2. The minimum absolute atomic E-state index is 0.222. The molecule has 0 aliphatic carbocycles. The molecule has 4 nitrogen and oxygen atoms in total. The minimum Gasteiger partial charge on any atom is -0.375 e. The topological polar surface area (TPSA) is 55.4 Å². The lowest BCUT2D eigenvalue weighted by molar-refractivity contribution is 0.106. The van der Waals surface area contributed by atoms with E-state index < -0.39 is 15.3 Å². The van der Waals surface area contributed by atoms with E-state index in [-0.39, 0.29) is 6.61 Å². The molecule has 1 aromatic rings. The van der Waals surface area contributed by atoms with E-state index in [0.29, 0.717) is 6.61 Å². The Kier molecular flexibility index (Phi) is 2.77. The molecule has 1 N–H and O–H groups in total. The molecule has 1 aliphatic rings. The van der Waals surface area contributed by atoms with E-state index in [1.165, 1.54) is 7.05 Å². The highest BCUT2D eigenvalue weighted by molar-refractivity contribution is 7.89. The molecular weight excluding hydrogens is 214 g/mol. The van der Waals surface area contributed by atoms with Crippen LogP contribution in [-0.2, 0) is 21.4 Å². The average molecular weight is 227 g/mol. The molecular formula is C10H13NO3S. The lowest BCUT2D eigenvalue weighted by atomic mass is 10.0. The predicted molar refractivity (Wildman–Crippen MR) is 56.8 cm³/mol. The van der Waals surface area contributed by atoms with Crippen LogP contribution in [0.3, 0.4) is 0 Å². The Bertz CT molecular complexity index is 455. The number of sulfonamides is 1. The van der Waals surface area contributed by atoms with Crippen LogP contribution in [0.1, 0.15) is 16.4 Å². The van der Waals surface area contributed by atoms with E-state index in [1.807, 2.05) is 24.3 Å². The molecule has 0 fully saturated rings. The Morgan fingerprint density at radius 2 is 2.13 bits per heavy atom. The highest BCUT2D eigenvalue weighted by Crippen LogP contribution is 2.29. The summed E-state index contributed by atoms with van der Waals surface area (Å²) in [7, 11) is -1.89. The summed E-state index contributed by atoms with van der Waals surface area (Å²) in [5.74, 6) is 0. The molecule has 0 saturated carbocycles. The molecule has 1 aromatic carbocycles. The highest BCUT2D eigenvalue weighted by Gasteiger charge is 2.30. The molecule has 2 rings (SSSR count). The van der Waals surface area contributed by atoms with Crippen molar-refractivity contribution < 1.29 is 13.2 Å². The average Bonchev–Trinajstić information content (AvgIpc) is 2.28. The van der Waals surface area contributed by atoms with Gasteiger partial charge in [-0.3, -0.25) is 0 Å². The minimum atomic E-state index is -3.31. The first-order valence-corrected chi connectivity index (χ1v) is 6.27. The van der Waals surface area contributed by atoms with Gasteiger partial charge in [0.1, 0.15) is 5.25 Å². The first-order valence-electron chi connectivity index (χ1n) is 4.73. The third kappa shape index (κ3) is 1.90. The molecule has 1 atom stereocenters. The Labute approximate surface area is 89.3 Å². The molecule has 0 bridgehead atoms. The standard InChI is InChI=1S/C10H13NO3S/c1-11-15(12,13)10-7-14-6-8-4-2-3-5-9(8)10/h2-5,10-11H,6-7H2,1H3. The molecule has 0 aromatic heterocycles. The smallest absolute Gasteiger partial charge is 0.220 e. The van der Waals surface area contributed by atoms with Crippen LogP contribution in [0.4, 0.5) is 0 Å². The Morgan fingerprint density at radius 1 is 1.40 bits per heavy atom. The fourth-order valence-electron chi connectivity index (χ4n) is 1.74. The van der Waals surface area contributed by atoms with Crippen LogP contribution in [0, 0.1) is 0 Å². The quantitative estimate of drug-likeness (QED) is 0.813. The van der Waals surface area contributed by atoms with Crippen LogP contribution in [0.25, 0.3) is 0 Å². The second kappa shape index (κ2) is 3.92. The van der Waals surface area contributed by atoms with E-state index >= 15 is 0 Å². The van der Waals surface area contributed by atoms with E-state index in [9.17, 15) is 8.42 Å². The lowest BCUT2D eigenvalue weighted by Gasteiger charge is -2.24. The van der Waals surface area contributed by atoms with Gasteiger partial charge in [-0.15, -0.1) is 0 Å². The van der Waals surface area contributed by atoms with Crippen LogP contribution >= 0.6 is 0 Å². The van der Waals surface area contributed by atoms with Gasteiger partial charge < -0.3 is 4.74 Å². The SMILES string of the molecule is CNS(=O)(=O)C1COCc2ccccc21. The largest absolute Gasteiger partial charge is 0.375 e. The molecule has 15 heavy (non-hydrogen) atoms. The third-order valence-electron chi connectivity index (χ3n) is 2.59. The van der Waals surface area contributed by atoms with Gasteiger partial charge in [-0.1, -0.05) is 24.3 Å². The van der Waals surface area contributed by atoms with E-state index in [4.69, 9.17) is 4.74 Å². The Hall–Kier alpha value is -0.910. The maximum absolute atomic E-state index is 11.7. The summed E-state index contributed by atoms with van der Waals surface area (Å²) in [5.41, 5.74) is 1.80. The monoisotopic (exact) mass is 227 g/mol. The van der Waals surface area contributed by atoms with Gasteiger partial charge in [-0.2, -0.15) is 0 Å². The Morgan fingerprint density at radius 3 is 2.87 bits per heavy atom. The molecule has 5 heteroatoms. The first-order chi connectivity index (χ1) is 7.15. The molecule has 1 unspecified atom stereocenters. The predicted octanol–water partition coefficient (Wildman–Crippen LogP) is 0.807. The van der Waals surface area contributed by atoms with Crippen LogP contribution < -0.4 is 4.72 Å². The van der Waals surface area contributed by atoms with Crippen LogP contribution in [0.15, 0.2) is 24.3 Å². The van der Waals surface area contributed by atoms with Gasteiger partial charge in [-0.25, -0.2) is 13.1 Å². The van der Waals surface area contributed by atoms with Gasteiger partial charge in [0.15, 0.2) is 0 Å². The zero-order valence-corrected chi connectivity index (χ0v) is 9.25. The van der Waals surface area contributed by atoms with Crippen LogP contribution in [0.2, 0.25) is 0 Å². The van der Waals surface area contributed by atoms with Crippen molar-refractivity contribution in [2.24, 2.45) is 0 Å². The molecule has 0 saturated heterocycles. The fourth-order valence-corrected chi connectivity index (χ4v) is 2.87. The van der Waals surface area contributed by atoms with E-state index in [2.05, 4.69) is 4.72 Å². The summed E-state index contributed by atoms with van der Waals surface area (Å²) in [6.07, 6.45) is 0. The molecule has 0 radical (unpaired) electrons. The van der Waals surface area contributed by atoms with Gasteiger partial charge in [-0.05, 0) is 18.2 Å². The van der Waals surface area contributed by atoms with Crippen LogP contribution in [-0.4, -0.2) is 22.1 Å². The number of nitrogens with one attached hydrogen (secondary N) is 1. The fraction of sp³-hybridized carbons (Fsp3) is 0.400. The summed E-state index contributed by atoms with van der Waals surface area (Å²) in [4.78, 5) is 0. The van der Waals surface area contributed by atoms with Gasteiger partial charge in [0.05, 0.1) is 13.2 Å². The van der Waals surface area contributed by atoms with Crippen molar-refractivity contribution in [3.8, 4) is 0 Å². The molecule has 0 amide bonds. The number of benzene rings is 1. The number of hydrogen-bond acceptors (Lipinski definition) is 3.